The SMILES string of the molecule is CN=C(NCCCc1ccc(OC)c(OC)c1)N(C)Cc1cn(C)nc1C(C)C. The van der Waals surface area contributed by atoms with Gasteiger partial charge in [-0.15, -0.1) is 0 Å². The van der Waals surface area contributed by atoms with E-state index in [1.54, 1.807) is 14.2 Å². The molecule has 7 heteroatoms. The molecule has 0 unspecified atom stereocenters. The van der Waals surface area contributed by atoms with Gasteiger partial charge in [-0.3, -0.25) is 9.67 Å². The van der Waals surface area contributed by atoms with E-state index in [2.05, 4.69) is 53.5 Å². The zero-order chi connectivity index (χ0) is 21.4. The molecule has 0 aliphatic heterocycles. The fourth-order valence-electron chi connectivity index (χ4n) is 3.41. The molecule has 1 aromatic heterocycles. The molecule has 1 heterocycles. The van der Waals surface area contributed by atoms with Gasteiger partial charge in [0, 0.05) is 46.0 Å². The molecule has 1 N–H and O–H groups in total. The predicted octanol–water partition coefficient (Wildman–Crippen LogP) is 3.20. The van der Waals surface area contributed by atoms with E-state index in [-0.39, 0.29) is 0 Å². The summed E-state index contributed by atoms with van der Waals surface area (Å²) in [5, 5.41) is 8.05. The minimum atomic E-state index is 0.399. The Kier molecular flexibility index (Phi) is 8.36. The lowest BCUT2D eigenvalue weighted by Gasteiger charge is -2.22. The van der Waals surface area contributed by atoms with E-state index in [0.29, 0.717) is 5.92 Å². The highest BCUT2D eigenvalue weighted by Gasteiger charge is 2.15. The molecular formula is C22H35N5O2. The van der Waals surface area contributed by atoms with Gasteiger partial charge in [0.15, 0.2) is 17.5 Å². The van der Waals surface area contributed by atoms with Crippen molar-refractivity contribution >= 4 is 5.96 Å². The second kappa shape index (κ2) is 10.7. The van der Waals surface area contributed by atoms with E-state index in [1.807, 2.05) is 30.9 Å². The van der Waals surface area contributed by atoms with Crippen molar-refractivity contribution in [3.8, 4) is 11.5 Å². The van der Waals surface area contributed by atoms with E-state index in [9.17, 15) is 0 Å². The van der Waals surface area contributed by atoms with Crippen LogP contribution < -0.4 is 14.8 Å². The van der Waals surface area contributed by atoms with Gasteiger partial charge in [-0.25, -0.2) is 0 Å². The van der Waals surface area contributed by atoms with Crippen molar-refractivity contribution in [2.24, 2.45) is 12.0 Å². The Morgan fingerprint density at radius 2 is 1.97 bits per heavy atom. The summed E-state index contributed by atoms with van der Waals surface area (Å²) in [6.07, 6.45) is 4.04. The minimum Gasteiger partial charge on any atom is -0.493 e. The van der Waals surface area contributed by atoms with Crippen LogP contribution >= 0.6 is 0 Å². The minimum absolute atomic E-state index is 0.399. The second-order valence-electron chi connectivity index (χ2n) is 7.49. The first-order valence-electron chi connectivity index (χ1n) is 10.0. The quantitative estimate of drug-likeness (QED) is 0.397. The molecule has 0 spiro atoms. The van der Waals surface area contributed by atoms with Gasteiger partial charge in [0.1, 0.15) is 0 Å². The number of guanidine groups is 1. The van der Waals surface area contributed by atoms with Crippen molar-refractivity contribution in [3.05, 3.63) is 41.2 Å². The molecule has 7 nitrogen and oxygen atoms in total. The highest BCUT2D eigenvalue weighted by molar-refractivity contribution is 5.79. The molecule has 160 valence electrons. The fraction of sp³-hybridized carbons (Fsp3) is 0.545. The first kappa shape index (κ1) is 22.6. The van der Waals surface area contributed by atoms with Crippen LogP contribution in [0.1, 0.15) is 43.0 Å². The number of rotatable bonds is 9. The first-order valence-corrected chi connectivity index (χ1v) is 10.0. The molecule has 2 rings (SSSR count). The maximum atomic E-state index is 5.38. The van der Waals surface area contributed by atoms with Crippen LogP contribution in [0.25, 0.3) is 0 Å². The number of methoxy groups -OCH3 is 2. The second-order valence-corrected chi connectivity index (χ2v) is 7.49. The van der Waals surface area contributed by atoms with E-state index < -0.39 is 0 Å². The number of aliphatic imine (C=N–C) groups is 1. The molecule has 0 amide bonds. The number of ether oxygens (including phenoxy) is 2. The van der Waals surface area contributed by atoms with Gasteiger partial charge in [-0.05, 0) is 36.5 Å². The van der Waals surface area contributed by atoms with Gasteiger partial charge in [-0.2, -0.15) is 5.10 Å². The standard InChI is InChI=1S/C22H35N5O2/c1-16(2)21-18(15-27(5)25-21)14-26(4)22(23-3)24-12-8-9-17-10-11-19(28-6)20(13-17)29-7/h10-11,13,15-16H,8-9,12,14H2,1-7H3,(H,23,24). The smallest absolute Gasteiger partial charge is 0.193 e. The zero-order valence-electron chi connectivity index (χ0n) is 18.8. The summed E-state index contributed by atoms with van der Waals surface area (Å²) in [6.45, 7) is 5.96. The summed E-state index contributed by atoms with van der Waals surface area (Å²) in [6, 6.07) is 6.07. The van der Waals surface area contributed by atoms with E-state index in [1.165, 1.54) is 11.1 Å². The maximum absolute atomic E-state index is 5.38. The third-order valence-corrected chi connectivity index (χ3v) is 4.84. The molecule has 2 aromatic rings. The molecule has 0 aliphatic rings. The summed E-state index contributed by atoms with van der Waals surface area (Å²) >= 11 is 0. The van der Waals surface area contributed by atoms with Crippen LogP contribution in [-0.2, 0) is 20.0 Å². The van der Waals surface area contributed by atoms with Gasteiger partial charge < -0.3 is 19.7 Å². The first-order chi connectivity index (χ1) is 13.9. The van der Waals surface area contributed by atoms with E-state index in [0.717, 1.165) is 49.1 Å². The number of nitrogens with zero attached hydrogens (tertiary/aromatic N) is 4. The van der Waals surface area contributed by atoms with E-state index >= 15 is 0 Å². The Bertz CT molecular complexity index is 814. The number of nitrogens with one attached hydrogen (secondary N) is 1. The van der Waals surface area contributed by atoms with E-state index in [4.69, 9.17) is 9.47 Å². The lowest BCUT2D eigenvalue weighted by molar-refractivity contribution is 0.354. The molecule has 0 bridgehead atoms. The Morgan fingerprint density at radius 1 is 1.24 bits per heavy atom. The van der Waals surface area contributed by atoms with Crippen LogP contribution in [0, 0.1) is 0 Å². The van der Waals surface area contributed by atoms with Crippen molar-refractivity contribution in [1.82, 2.24) is 20.0 Å². The molecular weight excluding hydrogens is 366 g/mol. The van der Waals surface area contributed by atoms with Crippen LogP contribution in [0.5, 0.6) is 11.5 Å². The van der Waals surface area contributed by atoms with Crippen LogP contribution in [0.2, 0.25) is 0 Å². The number of aryl methyl sites for hydroxylation is 2. The van der Waals surface area contributed by atoms with Gasteiger partial charge in [-0.1, -0.05) is 19.9 Å². The fourth-order valence-corrected chi connectivity index (χ4v) is 3.41. The van der Waals surface area contributed by atoms with Crippen LogP contribution in [0.15, 0.2) is 29.4 Å². The van der Waals surface area contributed by atoms with Gasteiger partial charge >= 0.3 is 0 Å². The average Bonchev–Trinajstić information content (AvgIpc) is 3.08. The Morgan fingerprint density at radius 3 is 2.59 bits per heavy atom. The Balaban J connectivity index is 1.87. The number of hydrogen-bond donors (Lipinski definition) is 1. The normalized spacial score (nSPS) is 11.7. The predicted molar refractivity (Wildman–Crippen MR) is 118 cm³/mol. The zero-order valence-corrected chi connectivity index (χ0v) is 18.8. The molecule has 0 fully saturated rings. The van der Waals surface area contributed by atoms with Gasteiger partial charge in [0.25, 0.3) is 0 Å². The molecule has 0 radical (unpaired) electrons. The lowest BCUT2D eigenvalue weighted by atomic mass is 10.1. The van der Waals surface area contributed by atoms with Crippen molar-refractivity contribution < 1.29 is 9.47 Å². The third kappa shape index (κ3) is 6.14. The monoisotopic (exact) mass is 401 g/mol. The van der Waals surface area contributed by atoms with Crippen molar-refractivity contribution in [2.75, 3.05) is 34.9 Å². The summed E-state index contributed by atoms with van der Waals surface area (Å²) in [5.41, 5.74) is 3.60. The third-order valence-electron chi connectivity index (χ3n) is 4.84. The maximum Gasteiger partial charge on any atom is 0.193 e. The molecule has 0 atom stereocenters. The highest BCUT2D eigenvalue weighted by Crippen LogP contribution is 2.27. The largest absolute Gasteiger partial charge is 0.493 e. The summed E-state index contributed by atoms with van der Waals surface area (Å²) in [4.78, 5) is 6.57. The molecule has 29 heavy (non-hydrogen) atoms. The topological polar surface area (TPSA) is 63.9 Å². The Hall–Kier alpha value is -2.70. The van der Waals surface area contributed by atoms with Gasteiger partial charge in [0.05, 0.1) is 19.9 Å². The number of hydrogen-bond acceptors (Lipinski definition) is 4. The Labute approximate surface area is 174 Å². The molecule has 0 saturated carbocycles. The summed E-state index contributed by atoms with van der Waals surface area (Å²) in [5.74, 6) is 2.81. The number of benzene rings is 1. The van der Waals surface area contributed by atoms with Crippen molar-refractivity contribution in [1.29, 1.82) is 0 Å². The average molecular weight is 402 g/mol. The molecule has 0 saturated heterocycles. The summed E-state index contributed by atoms with van der Waals surface area (Å²) < 4.78 is 12.6. The van der Waals surface area contributed by atoms with Crippen LogP contribution in [0.4, 0.5) is 0 Å². The molecule has 0 aliphatic carbocycles. The molecule has 1 aromatic carbocycles. The number of aromatic nitrogens is 2. The highest BCUT2D eigenvalue weighted by atomic mass is 16.5. The van der Waals surface area contributed by atoms with Crippen molar-refractivity contribution in [3.63, 3.8) is 0 Å². The van der Waals surface area contributed by atoms with Crippen LogP contribution in [0.3, 0.4) is 0 Å². The summed E-state index contributed by atoms with van der Waals surface area (Å²) in [7, 11) is 9.16. The van der Waals surface area contributed by atoms with Crippen molar-refractivity contribution in [2.45, 2.75) is 39.2 Å². The van der Waals surface area contributed by atoms with Gasteiger partial charge in [0.2, 0.25) is 0 Å². The van der Waals surface area contributed by atoms with Crippen LogP contribution in [-0.4, -0.2) is 55.5 Å². The lowest BCUT2D eigenvalue weighted by Crippen LogP contribution is -2.39.